The van der Waals surface area contributed by atoms with Gasteiger partial charge in [0.1, 0.15) is 11.6 Å². The van der Waals surface area contributed by atoms with Crippen molar-refractivity contribution in [3.8, 4) is 22.0 Å². The first-order valence-corrected chi connectivity index (χ1v) is 8.94. The van der Waals surface area contributed by atoms with Crippen LogP contribution in [0.15, 0.2) is 47.2 Å². The summed E-state index contributed by atoms with van der Waals surface area (Å²) in [6, 6.07) is 10.3. The molecule has 120 valence electrons. The molecule has 0 amide bonds. The number of rotatable bonds is 5. The number of thiophene rings is 1. The zero-order chi connectivity index (χ0) is 16.4. The average Bonchev–Trinajstić information content (AvgIpc) is 3.34. The van der Waals surface area contributed by atoms with Crippen molar-refractivity contribution in [2.24, 2.45) is 0 Å². The van der Waals surface area contributed by atoms with Crippen LogP contribution in [0.5, 0.6) is 0 Å². The quantitative estimate of drug-likeness (QED) is 0.555. The molecule has 0 aliphatic carbocycles. The summed E-state index contributed by atoms with van der Waals surface area (Å²) in [5.74, 6) is 1.20. The number of anilines is 1. The van der Waals surface area contributed by atoms with E-state index in [-0.39, 0.29) is 5.82 Å². The van der Waals surface area contributed by atoms with Crippen LogP contribution in [0.2, 0.25) is 0 Å². The Morgan fingerprint density at radius 1 is 1.08 bits per heavy atom. The summed E-state index contributed by atoms with van der Waals surface area (Å²) in [5.41, 5.74) is 1.71. The fourth-order valence-electron chi connectivity index (χ4n) is 2.16. The maximum Gasteiger partial charge on any atom is 0.191 e. The molecule has 0 spiro atoms. The van der Waals surface area contributed by atoms with Gasteiger partial charge in [-0.15, -0.1) is 22.7 Å². The molecule has 0 aliphatic rings. The molecule has 2 N–H and O–H groups in total. The number of thiazole rings is 1. The second kappa shape index (κ2) is 6.50. The van der Waals surface area contributed by atoms with E-state index >= 15 is 0 Å². The summed E-state index contributed by atoms with van der Waals surface area (Å²) < 4.78 is 13.0. The van der Waals surface area contributed by atoms with Crippen LogP contribution in [-0.4, -0.2) is 20.2 Å². The van der Waals surface area contributed by atoms with E-state index in [9.17, 15) is 4.39 Å². The first-order chi connectivity index (χ1) is 11.8. The van der Waals surface area contributed by atoms with Crippen LogP contribution in [-0.2, 0) is 6.54 Å². The lowest BCUT2D eigenvalue weighted by molar-refractivity contribution is 0.628. The fourth-order valence-corrected chi connectivity index (χ4v) is 3.53. The first kappa shape index (κ1) is 15.0. The molecule has 0 bridgehead atoms. The molecule has 4 rings (SSSR count). The zero-order valence-electron chi connectivity index (χ0n) is 12.4. The number of H-pyrrole nitrogens is 1. The Labute approximate surface area is 145 Å². The highest BCUT2D eigenvalue weighted by Crippen LogP contribution is 2.25. The van der Waals surface area contributed by atoms with Crippen LogP contribution in [0.25, 0.3) is 22.0 Å². The summed E-state index contributed by atoms with van der Waals surface area (Å²) in [4.78, 5) is 10.00. The predicted molar refractivity (Wildman–Crippen MR) is 94.5 cm³/mol. The van der Waals surface area contributed by atoms with E-state index in [1.54, 1.807) is 23.5 Å². The standard InChI is InChI=1S/C16H12FN5S2/c17-11-5-3-10(4-6-11)12-9-24-16(19-12)18-8-14-20-15(22-21-14)13-2-1-7-23-13/h1-7,9H,8H2,(H,18,19)(H,20,21,22). The molecule has 4 aromatic rings. The molecule has 0 fully saturated rings. The molecule has 8 heteroatoms. The monoisotopic (exact) mass is 357 g/mol. The van der Waals surface area contributed by atoms with Crippen molar-refractivity contribution in [1.82, 2.24) is 20.2 Å². The Kier molecular flexibility index (Phi) is 4.06. The molecule has 3 aromatic heterocycles. The number of hydrogen-bond donors (Lipinski definition) is 2. The molecule has 24 heavy (non-hydrogen) atoms. The molecule has 0 atom stereocenters. The fraction of sp³-hybridized carbons (Fsp3) is 0.0625. The van der Waals surface area contributed by atoms with Crippen LogP contribution in [0.4, 0.5) is 9.52 Å². The van der Waals surface area contributed by atoms with Gasteiger partial charge in [-0.25, -0.2) is 14.4 Å². The van der Waals surface area contributed by atoms with Gasteiger partial charge in [-0.2, -0.15) is 5.10 Å². The van der Waals surface area contributed by atoms with Crippen LogP contribution >= 0.6 is 22.7 Å². The highest BCUT2D eigenvalue weighted by atomic mass is 32.1. The Bertz CT molecular complexity index is 928. The van der Waals surface area contributed by atoms with Gasteiger partial charge in [-0.1, -0.05) is 6.07 Å². The second-order valence-corrected chi connectivity index (χ2v) is 6.79. The third-order valence-electron chi connectivity index (χ3n) is 3.32. The Morgan fingerprint density at radius 3 is 2.75 bits per heavy atom. The maximum absolute atomic E-state index is 13.0. The van der Waals surface area contributed by atoms with Gasteiger partial charge in [-0.3, -0.25) is 5.10 Å². The number of aromatic amines is 1. The molecule has 5 nitrogen and oxygen atoms in total. The van der Waals surface area contributed by atoms with E-state index in [1.165, 1.54) is 23.5 Å². The highest BCUT2D eigenvalue weighted by Gasteiger charge is 2.08. The molecule has 0 unspecified atom stereocenters. The number of hydrogen-bond acceptors (Lipinski definition) is 6. The van der Waals surface area contributed by atoms with Crippen molar-refractivity contribution in [3.05, 3.63) is 58.8 Å². The Hall–Kier alpha value is -2.58. The van der Waals surface area contributed by atoms with Gasteiger partial charge in [0.2, 0.25) is 0 Å². The van der Waals surface area contributed by atoms with Gasteiger partial charge < -0.3 is 5.32 Å². The lowest BCUT2D eigenvalue weighted by Gasteiger charge is -1.98. The van der Waals surface area contributed by atoms with Gasteiger partial charge >= 0.3 is 0 Å². The normalized spacial score (nSPS) is 10.9. The van der Waals surface area contributed by atoms with Crippen molar-refractivity contribution in [2.45, 2.75) is 6.54 Å². The largest absolute Gasteiger partial charge is 0.354 e. The van der Waals surface area contributed by atoms with Gasteiger partial charge in [0.25, 0.3) is 0 Å². The molecule has 0 saturated carbocycles. The molecule has 1 aromatic carbocycles. The number of benzene rings is 1. The van der Waals surface area contributed by atoms with E-state index < -0.39 is 0 Å². The van der Waals surface area contributed by atoms with Crippen LogP contribution in [0.1, 0.15) is 5.82 Å². The van der Waals surface area contributed by atoms with Gasteiger partial charge in [-0.05, 0) is 35.7 Å². The summed E-state index contributed by atoms with van der Waals surface area (Å²) >= 11 is 3.10. The average molecular weight is 357 g/mol. The van der Waals surface area contributed by atoms with Gasteiger partial charge in [0, 0.05) is 10.9 Å². The molecule has 0 radical (unpaired) electrons. The van der Waals surface area contributed by atoms with E-state index in [0.29, 0.717) is 12.4 Å². The lowest BCUT2D eigenvalue weighted by Crippen LogP contribution is -2.00. The van der Waals surface area contributed by atoms with Crippen LogP contribution in [0, 0.1) is 5.82 Å². The number of nitrogens with one attached hydrogen (secondary N) is 2. The maximum atomic E-state index is 13.0. The predicted octanol–water partition coefficient (Wildman–Crippen LogP) is 4.41. The summed E-state index contributed by atoms with van der Waals surface area (Å²) in [7, 11) is 0. The summed E-state index contributed by atoms with van der Waals surface area (Å²) in [5, 5.41) is 15.1. The van der Waals surface area contributed by atoms with Crippen LogP contribution in [0.3, 0.4) is 0 Å². The summed E-state index contributed by atoms with van der Waals surface area (Å²) in [6.45, 7) is 0.509. The van der Waals surface area contributed by atoms with Crippen LogP contribution < -0.4 is 5.32 Å². The summed E-state index contributed by atoms with van der Waals surface area (Å²) in [6.07, 6.45) is 0. The van der Waals surface area contributed by atoms with Crippen molar-refractivity contribution >= 4 is 27.8 Å². The molecule has 3 heterocycles. The van der Waals surface area contributed by atoms with Gasteiger partial charge in [0.05, 0.1) is 17.1 Å². The topological polar surface area (TPSA) is 66.5 Å². The third-order valence-corrected chi connectivity index (χ3v) is 4.99. The number of aromatic nitrogens is 4. The highest BCUT2D eigenvalue weighted by molar-refractivity contribution is 7.14. The van der Waals surface area contributed by atoms with E-state index in [2.05, 4.69) is 25.5 Å². The SMILES string of the molecule is Fc1ccc(-c2csc(NCc3nc(-c4cccs4)n[nH]3)n2)cc1. The molecular formula is C16H12FN5S2. The van der Waals surface area contributed by atoms with Crippen molar-refractivity contribution in [3.63, 3.8) is 0 Å². The lowest BCUT2D eigenvalue weighted by atomic mass is 10.2. The van der Waals surface area contributed by atoms with Crippen molar-refractivity contribution < 1.29 is 4.39 Å². The molecular weight excluding hydrogens is 345 g/mol. The Morgan fingerprint density at radius 2 is 1.96 bits per heavy atom. The number of nitrogens with zero attached hydrogens (tertiary/aromatic N) is 3. The third kappa shape index (κ3) is 3.19. The first-order valence-electron chi connectivity index (χ1n) is 7.18. The van der Waals surface area contributed by atoms with E-state index in [4.69, 9.17) is 0 Å². The smallest absolute Gasteiger partial charge is 0.191 e. The Balaban J connectivity index is 1.42. The van der Waals surface area contributed by atoms with Crippen molar-refractivity contribution in [2.75, 3.05) is 5.32 Å². The van der Waals surface area contributed by atoms with E-state index in [1.807, 2.05) is 22.9 Å². The zero-order valence-corrected chi connectivity index (χ0v) is 14.0. The van der Waals surface area contributed by atoms with E-state index in [0.717, 1.165) is 27.1 Å². The molecule has 0 aliphatic heterocycles. The number of halogens is 1. The van der Waals surface area contributed by atoms with Gasteiger partial charge in [0.15, 0.2) is 11.0 Å². The molecule has 0 saturated heterocycles. The minimum atomic E-state index is -0.251. The second-order valence-electron chi connectivity index (χ2n) is 4.98. The minimum absolute atomic E-state index is 0.251. The minimum Gasteiger partial charge on any atom is -0.354 e. The van der Waals surface area contributed by atoms with Crippen molar-refractivity contribution in [1.29, 1.82) is 0 Å².